The highest BCUT2D eigenvalue weighted by Gasteiger charge is 2.19. The number of β-amino-alcohol motifs (C(OH)–C–C–N with tert-alkyl or cyclic N) is 1. The quantitative estimate of drug-likeness (QED) is 0.892. The molecule has 1 aliphatic heterocycles. The van der Waals surface area contributed by atoms with Crippen molar-refractivity contribution in [1.29, 1.82) is 0 Å². The molecule has 0 radical (unpaired) electrons. The van der Waals surface area contributed by atoms with Crippen molar-refractivity contribution in [2.75, 3.05) is 37.6 Å². The number of rotatable bonds is 3. The molecule has 2 rings (SSSR count). The van der Waals surface area contributed by atoms with Crippen LogP contribution in [0.3, 0.4) is 0 Å². The summed E-state index contributed by atoms with van der Waals surface area (Å²) in [5, 5.41) is 9.33. The van der Waals surface area contributed by atoms with Crippen molar-refractivity contribution in [2.24, 2.45) is 0 Å². The van der Waals surface area contributed by atoms with Crippen LogP contribution < -0.4 is 4.90 Å². The second kappa shape index (κ2) is 5.75. The van der Waals surface area contributed by atoms with Gasteiger partial charge in [0.1, 0.15) is 0 Å². The van der Waals surface area contributed by atoms with Gasteiger partial charge in [0.25, 0.3) is 0 Å². The molecule has 1 atom stereocenters. The summed E-state index contributed by atoms with van der Waals surface area (Å²) < 4.78 is 0.897. The Morgan fingerprint density at radius 2 is 1.88 bits per heavy atom. The number of aromatic nitrogens is 2. The molecule has 1 N–H and O–H groups in total. The van der Waals surface area contributed by atoms with Gasteiger partial charge in [-0.3, -0.25) is 4.90 Å². The van der Waals surface area contributed by atoms with Crippen molar-refractivity contribution in [1.82, 2.24) is 14.9 Å². The summed E-state index contributed by atoms with van der Waals surface area (Å²) in [7, 11) is 0. The molecule has 17 heavy (non-hydrogen) atoms. The van der Waals surface area contributed by atoms with E-state index in [4.69, 9.17) is 0 Å². The molecule has 94 valence electrons. The Labute approximate surface area is 110 Å². The van der Waals surface area contributed by atoms with E-state index in [-0.39, 0.29) is 6.10 Å². The van der Waals surface area contributed by atoms with Crippen LogP contribution in [-0.4, -0.2) is 58.8 Å². The molecule has 5 nitrogen and oxygen atoms in total. The third-order valence-electron chi connectivity index (χ3n) is 2.78. The lowest BCUT2D eigenvalue weighted by atomic mass is 10.3. The average Bonchev–Trinajstić information content (AvgIpc) is 2.30. The minimum Gasteiger partial charge on any atom is -0.392 e. The molecule has 6 heteroatoms. The lowest BCUT2D eigenvalue weighted by molar-refractivity contribution is 0.122. The van der Waals surface area contributed by atoms with Crippen molar-refractivity contribution in [3.8, 4) is 0 Å². The molecule has 0 spiro atoms. The molecule has 0 bridgehead atoms. The molecule has 0 saturated carbocycles. The van der Waals surface area contributed by atoms with E-state index in [1.54, 1.807) is 12.4 Å². The van der Waals surface area contributed by atoms with Gasteiger partial charge in [0, 0.05) is 45.1 Å². The Kier molecular flexibility index (Phi) is 4.31. The predicted molar refractivity (Wildman–Crippen MR) is 70.1 cm³/mol. The van der Waals surface area contributed by atoms with E-state index in [2.05, 4.69) is 35.7 Å². The predicted octanol–water partition coefficient (Wildman–Crippen LogP) is 0.742. The van der Waals surface area contributed by atoms with Gasteiger partial charge >= 0.3 is 0 Å². The van der Waals surface area contributed by atoms with Crippen molar-refractivity contribution < 1.29 is 5.11 Å². The van der Waals surface area contributed by atoms with Crippen molar-refractivity contribution in [3.63, 3.8) is 0 Å². The van der Waals surface area contributed by atoms with E-state index in [9.17, 15) is 5.11 Å². The summed E-state index contributed by atoms with van der Waals surface area (Å²) in [4.78, 5) is 13.0. The second-order valence-electron chi connectivity index (χ2n) is 4.34. The highest BCUT2D eigenvalue weighted by molar-refractivity contribution is 9.10. The van der Waals surface area contributed by atoms with Crippen LogP contribution >= 0.6 is 15.9 Å². The number of aliphatic hydroxyl groups excluding tert-OH is 1. The molecule has 2 heterocycles. The van der Waals surface area contributed by atoms with Crippen LogP contribution in [0, 0.1) is 0 Å². The number of aliphatic hydroxyl groups is 1. The Morgan fingerprint density at radius 3 is 2.41 bits per heavy atom. The number of hydrogen-bond acceptors (Lipinski definition) is 5. The van der Waals surface area contributed by atoms with Crippen LogP contribution in [0.15, 0.2) is 16.9 Å². The second-order valence-corrected chi connectivity index (χ2v) is 5.25. The van der Waals surface area contributed by atoms with Crippen LogP contribution in [-0.2, 0) is 0 Å². The number of halogens is 1. The van der Waals surface area contributed by atoms with Gasteiger partial charge < -0.3 is 10.0 Å². The van der Waals surface area contributed by atoms with Crippen LogP contribution in [0.2, 0.25) is 0 Å². The highest BCUT2D eigenvalue weighted by Crippen LogP contribution is 2.13. The third kappa shape index (κ3) is 3.62. The highest BCUT2D eigenvalue weighted by atomic mass is 79.9. The maximum Gasteiger partial charge on any atom is 0.225 e. The van der Waals surface area contributed by atoms with E-state index in [1.165, 1.54) is 0 Å². The SMILES string of the molecule is C[C@@H](O)CN1CCN(c2ncc(Br)cn2)CC1. The minimum atomic E-state index is -0.259. The van der Waals surface area contributed by atoms with Crippen LogP contribution in [0.5, 0.6) is 0 Å². The van der Waals surface area contributed by atoms with Crippen LogP contribution in [0.1, 0.15) is 6.92 Å². The van der Waals surface area contributed by atoms with Crippen molar-refractivity contribution >= 4 is 21.9 Å². The largest absolute Gasteiger partial charge is 0.392 e. The van der Waals surface area contributed by atoms with Gasteiger partial charge in [-0.25, -0.2) is 9.97 Å². The van der Waals surface area contributed by atoms with E-state index in [1.807, 2.05) is 6.92 Å². The zero-order chi connectivity index (χ0) is 12.3. The summed E-state index contributed by atoms with van der Waals surface area (Å²) >= 11 is 3.33. The van der Waals surface area contributed by atoms with Crippen molar-refractivity contribution in [3.05, 3.63) is 16.9 Å². The summed E-state index contributed by atoms with van der Waals surface area (Å²) in [6.45, 7) is 6.29. The smallest absolute Gasteiger partial charge is 0.225 e. The van der Waals surface area contributed by atoms with Gasteiger partial charge in [-0.1, -0.05) is 0 Å². The molecule has 0 aromatic carbocycles. The molecule has 1 aliphatic rings. The van der Waals surface area contributed by atoms with Gasteiger partial charge in [-0.15, -0.1) is 0 Å². The lowest BCUT2D eigenvalue weighted by Gasteiger charge is -2.35. The Morgan fingerprint density at radius 1 is 1.29 bits per heavy atom. The van der Waals surface area contributed by atoms with E-state index in [0.29, 0.717) is 0 Å². The fourth-order valence-electron chi connectivity index (χ4n) is 1.97. The van der Waals surface area contributed by atoms with Crippen LogP contribution in [0.4, 0.5) is 5.95 Å². The summed E-state index contributed by atoms with van der Waals surface area (Å²) in [6, 6.07) is 0. The Hall–Kier alpha value is -0.720. The van der Waals surface area contributed by atoms with Crippen LogP contribution in [0.25, 0.3) is 0 Å². The number of anilines is 1. The van der Waals surface area contributed by atoms with Gasteiger partial charge in [-0.2, -0.15) is 0 Å². The average molecular weight is 301 g/mol. The first-order valence-corrected chi connectivity index (χ1v) is 6.57. The van der Waals surface area contributed by atoms with Gasteiger partial charge in [0.05, 0.1) is 10.6 Å². The van der Waals surface area contributed by atoms with E-state index < -0.39 is 0 Å². The molecule has 0 unspecified atom stereocenters. The van der Waals surface area contributed by atoms with Gasteiger partial charge in [0.2, 0.25) is 5.95 Å². The number of nitrogens with zero attached hydrogens (tertiary/aromatic N) is 4. The summed E-state index contributed by atoms with van der Waals surface area (Å²) in [5.41, 5.74) is 0. The molecule has 0 amide bonds. The summed E-state index contributed by atoms with van der Waals surface area (Å²) in [5.74, 6) is 0.782. The molecular formula is C11H17BrN4O. The van der Waals surface area contributed by atoms with Gasteiger partial charge in [0.15, 0.2) is 0 Å². The maximum absolute atomic E-state index is 9.33. The monoisotopic (exact) mass is 300 g/mol. The Bertz CT molecular complexity index is 349. The molecular weight excluding hydrogens is 284 g/mol. The molecule has 1 fully saturated rings. The van der Waals surface area contributed by atoms with Crippen molar-refractivity contribution in [2.45, 2.75) is 13.0 Å². The third-order valence-corrected chi connectivity index (χ3v) is 3.19. The molecule has 1 saturated heterocycles. The maximum atomic E-state index is 9.33. The zero-order valence-electron chi connectivity index (χ0n) is 9.88. The molecule has 0 aliphatic carbocycles. The first-order valence-electron chi connectivity index (χ1n) is 5.78. The fourth-order valence-corrected chi connectivity index (χ4v) is 2.18. The molecule has 1 aromatic heterocycles. The number of hydrogen-bond donors (Lipinski definition) is 1. The standard InChI is InChI=1S/C11H17BrN4O/c1-9(17)8-15-2-4-16(5-3-15)11-13-6-10(12)7-14-11/h6-7,9,17H,2-5,8H2,1H3/t9-/m1/s1. The first-order chi connectivity index (χ1) is 8.15. The minimum absolute atomic E-state index is 0.259. The summed E-state index contributed by atoms with van der Waals surface area (Å²) in [6.07, 6.45) is 3.28. The zero-order valence-corrected chi connectivity index (χ0v) is 11.5. The first kappa shape index (κ1) is 12.7. The molecule has 1 aromatic rings. The topological polar surface area (TPSA) is 52.5 Å². The van der Waals surface area contributed by atoms with E-state index >= 15 is 0 Å². The van der Waals surface area contributed by atoms with E-state index in [0.717, 1.165) is 43.1 Å². The Balaban J connectivity index is 1.88. The fraction of sp³-hybridized carbons (Fsp3) is 0.636. The van der Waals surface area contributed by atoms with Gasteiger partial charge in [-0.05, 0) is 22.9 Å². The lowest BCUT2D eigenvalue weighted by Crippen LogP contribution is -2.48. The number of piperazine rings is 1. The normalized spacial score (nSPS) is 19.4.